The molecule has 0 aliphatic rings. The maximum absolute atomic E-state index is 12.6. The van der Waals surface area contributed by atoms with Gasteiger partial charge in [-0.1, -0.05) is 37.3 Å². The van der Waals surface area contributed by atoms with Crippen LogP contribution in [0.1, 0.15) is 42.1 Å². The van der Waals surface area contributed by atoms with Gasteiger partial charge in [-0.15, -0.1) is 0 Å². The van der Waals surface area contributed by atoms with E-state index in [0.717, 1.165) is 18.2 Å². The average molecular weight is 526 g/mol. The predicted molar refractivity (Wildman–Crippen MR) is 136 cm³/mol. The number of amides is 2. The van der Waals surface area contributed by atoms with Crippen molar-refractivity contribution in [3.63, 3.8) is 0 Å². The topological polar surface area (TPSA) is 141 Å². The van der Waals surface area contributed by atoms with Gasteiger partial charge in [-0.25, -0.2) is 22.9 Å². The molecule has 0 spiro atoms. The number of aryl methyl sites for hydroxylation is 1. The van der Waals surface area contributed by atoms with Gasteiger partial charge in [-0.3, -0.25) is 9.59 Å². The number of hydrogen-bond acceptors (Lipinski definition) is 8. The van der Waals surface area contributed by atoms with Gasteiger partial charge in [0.25, 0.3) is 15.9 Å². The summed E-state index contributed by atoms with van der Waals surface area (Å²) in [5, 5.41) is 2.73. The molecule has 3 rings (SSSR count). The fourth-order valence-electron chi connectivity index (χ4n) is 3.15. The molecule has 1 aromatic heterocycles. The molecule has 2 N–H and O–H groups in total. The lowest BCUT2D eigenvalue weighted by Gasteiger charge is -2.09. The van der Waals surface area contributed by atoms with Crippen LogP contribution in [0.4, 0.5) is 10.5 Å². The summed E-state index contributed by atoms with van der Waals surface area (Å²) in [5.41, 5.74) is 1.53. The molecule has 0 saturated heterocycles. The average Bonchev–Trinajstić information content (AvgIpc) is 2.88. The number of anilines is 1. The number of ether oxygens (including phenoxy) is 2. The second kappa shape index (κ2) is 13.2. The Morgan fingerprint density at radius 1 is 0.946 bits per heavy atom. The van der Waals surface area contributed by atoms with E-state index in [0.29, 0.717) is 24.9 Å². The Kier molecular flexibility index (Phi) is 9.73. The normalized spacial score (nSPS) is 10.8. The first-order valence-electron chi connectivity index (χ1n) is 11.6. The van der Waals surface area contributed by atoms with E-state index in [2.05, 4.69) is 10.3 Å². The fourth-order valence-corrected chi connectivity index (χ4v) is 4.13. The lowest BCUT2D eigenvalue weighted by molar-refractivity contribution is -0.116. The summed E-state index contributed by atoms with van der Waals surface area (Å²) in [6.45, 7) is 2.02. The maximum Gasteiger partial charge on any atom is 0.515 e. The largest absolute Gasteiger partial charge is 0.515 e. The highest BCUT2D eigenvalue weighted by atomic mass is 32.2. The summed E-state index contributed by atoms with van der Waals surface area (Å²) >= 11 is 0. The molecule has 2 amide bonds. The molecule has 0 aliphatic heterocycles. The van der Waals surface area contributed by atoms with E-state index in [1.165, 1.54) is 36.4 Å². The molecule has 194 valence electrons. The molecule has 2 aromatic carbocycles. The Bertz CT molecular complexity index is 1310. The highest BCUT2D eigenvalue weighted by Crippen LogP contribution is 2.16. The molecule has 0 unspecified atom stereocenters. The number of rotatable bonds is 11. The monoisotopic (exact) mass is 525 g/mol. The number of nitrogens with zero attached hydrogens (tertiary/aromatic N) is 1. The molecule has 0 saturated carbocycles. The summed E-state index contributed by atoms with van der Waals surface area (Å²) < 4.78 is 36.8. The molecule has 37 heavy (non-hydrogen) atoms. The van der Waals surface area contributed by atoms with Crippen molar-refractivity contribution in [2.24, 2.45) is 0 Å². The van der Waals surface area contributed by atoms with Crippen LogP contribution in [-0.4, -0.2) is 38.0 Å². The van der Waals surface area contributed by atoms with E-state index in [1.807, 2.05) is 42.0 Å². The number of aromatic nitrogens is 1. The molecule has 0 atom stereocenters. The maximum atomic E-state index is 12.6. The van der Waals surface area contributed by atoms with E-state index >= 15 is 0 Å². The van der Waals surface area contributed by atoms with Gasteiger partial charge in [0.2, 0.25) is 11.8 Å². The third-order valence-corrected chi connectivity index (χ3v) is 6.34. The van der Waals surface area contributed by atoms with Gasteiger partial charge in [0.15, 0.2) is 0 Å². The quantitative estimate of drug-likeness (QED) is 0.357. The lowest BCUT2D eigenvalue weighted by atomic mass is 10.1. The number of nitrogens with one attached hydrogen (secondary N) is 2. The van der Waals surface area contributed by atoms with Crippen LogP contribution < -0.4 is 14.8 Å². The van der Waals surface area contributed by atoms with Crippen molar-refractivity contribution < 1.29 is 32.3 Å². The van der Waals surface area contributed by atoms with Crippen molar-refractivity contribution in [1.29, 1.82) is 0 Å². The molecular formula is C26H27N3O7S. The van der Waals surface area contributed by atoms with Crippen LogP contribution in [0.15, 0.2) is 77.8 Å². The summed E-state index contributed by atoms with van der Waals surface area (Å²) in [6.07, 6.45) is 2.55. The lowest BCUT2D eigenvalue weighted by Crippen LogP contribution is -2.30. The minimum Gasteiger partial charge on any atom is -0.434 e. The Labute approximate surface area is 215 Å². The SMILES string of the molecule is CCCOC(=O)Oc1ccc(C(=O)NS(=O)(=O)c2ccc(NC(=O)CCCc3ccccc3)cc2)cn1. The first-order chi connectivity index (χ1) is 17.8. The molecule has 0 fully saturated rings. The first kappa shape index (κ1) is 27.3. The van der Waals surface area contributed by atoms with Gasteiger partial charge in [-0.2, -0.15) is 0 Å². The van der Waals surface area contributed by atoms with E-state index in [9.17, 15) is 22.8 Å². The highest BCUT2D eigenvalue weighted by molar-refractivity contribution is 7.90. The second-order valence-electron chi connectivity index (χ2n) is 7.93. The van der Waals surface area contributed by atoms with Crippen molar-refractivity contribution in [3.8, 4) is 5.88 Å². The molecule has 1 heterocycles. The smallest absolute Gasteiger partial charge is 0.434 e. The summed E-state index contributed by atoms with van der Waals surface area (Å²) in [5.74, 6) is -1.19. The van der Waals surface area contributed by atoms with Crippen molar-refractivity contribution >= 4 is 33.7 Å². The van der Waals surface area contributed by atoms with E-state index < -0.39 is 22.1 Å². The summed E-state index contributed by atoms with van der Waals surface area (Å²) in [4.78, 5) is 39.7. The molecule has 0 radical (unpaired) electrons. The van der Waals surface area contributed by atoms with Crippen LogP contribution in [0.25, 0.3) is 0 Å². The third kappa shape index (κ3) is 8.73. The summed E-state index contributed by atoms with van der Waals surface area (Å²) in [6, 6.07) is 17.8. The number of hydrogen-bond donors (Lipinski definition) is 2. The fraction of sp³-hybridized carbons (Fsp3) is 0.231. The third-order valence-electron chi connectivity index (χ3n) is 5.00. The van der Waals surface area contributed by atoms with Gasteiger partial charge in [0, 0.05) is 24.4 Å². The van der Waals surface area contributed by atoms with Crippen molar-refractivity contribution in [1.82, 2.24) is 9.71 Å². The molecule has 3 aromatic rings. The molecule has 10 nitrogen and oxygen atoms in total. The molecule has 0 bridgehead atoms. The van der Waals surface area contributed by atoms with Gasteiger partial charge in [-0.05, 0) is 55.2 Å². The van der Waals surface area contributed by atoms with Crippen LogP contribution >= 0.6 is 0 Å². The van der Waals surface area contributed by atoms with Crippen LogP contribution in [0.5, 0.6) is 5.88 Å². The Morgan fingerprint density at radius 2 is 1.68 bits per heavy atom. The molecule has 11 heteroatoms. The van der Waals surface area contributed by atoms with E-state index in [4.69, 9.17) is 9.47 Å². The second-order valence-corrected chi connectivity index (χ2v) is 9.61. The summed E-state index contributed by atoms with van der Waals surface area (Å²) in [7, 11) is -4.18. The number of sulfonamides is 1. The zero-order chi connectivity index (χ0) is 26.7. The van der Waals surface area contributed by atoms with E-state index in [1.54, 1.807) is 0 Å². The Morgan fingerprint density at radius 3 is 2.32 bits per heavy atom. The zero-order valence-corrected chi connectivity index (χ0v) is 21.0. The van der Waals surface area contributed by atoms with Crippen LogP contribution in [0, 0.1) is 0 Å². The zero-order valence-electron chi connectivity index (χ0n) is 20.2. The predicted octanol–water partition coefficient (Wildman–Crippen LogP) is 4.09. The number of carbonyl (C=O) groups excluding carboxylic acids is 3. The van der Waals surface area contributed by atoms with Gasteiger partial charge >= 0.3 is 6.16 Å². The van der Waals surface area contributed by atoms with Crippen LogP contribution in [-0.2, 0) is 26.0 Å². The Hall–Kier alpha value is -4.25. The van der Waals surface area contributed by atoms with Crippen molar-refractivity contribution in [2.45, 2.75) is 37.5 Å². The van der Waals surface area contributed by atoms with E-state index in [-0.39, 0.29) is 28.9 Å². The van der Waals surface area contributed by atoms with Crippen LogP contribution in [0.3, 0.4) is 0 Å². The van der Waals surface area contributed by atoms with Crippen LogP contribution in [0.2, 0.25) is 0 Å². The number of pyridine rings is 1. The first-order valence-corrected chi connectivity index (χ1v) is 13.1. The Balaban J connectivity index is 1.51. The molecule has 0 aliphatic carbocycles. The van der Waals surface area contributed by atoms with Crippen molar-refractivity contribution in [3.05, 3.63) is 84.1 Å². The van der Waals surface area contributed by atoms with Gasteiger partial charge in [0.1, 0.15) is 0 Å². The number of benzene rings is 2. The number of carbonyl (C=O) groups is 3. The van der Waals surface area contributed by atoms with Gasteiger partial charge in [0.05, 0.1) is 17.1 Å². The van der Waals surface area contributed by atoms with Crippen molar-refractivity contribution in [2.75, 3.05) is 11.9 Å². The minimum absolute atomic E-state index is 0.0581. The van der Waals surface area contributed by atoms with Gasteiger partial charge < -0.3 is 14.8 Å². The molecular weight excluding hydrogens is 498 g/mol. The highest BCUT2D eigenvalue weighted by Gasteiger charge is 2.19. The standard InChI is InChI=1S/C26H27N3O7S/c1-2-17-35-26(32)36-24-16-11-20(18-27-24)25(31)29-37(33,34)22-14-12-21(13-15-22)28-23(30)10-6-9-19-7-4-3-5-8-19/h3-5,7-8,11-16,18H,2,6,9-10,17H2,1H3,(H,28,30)(H,29,31). The minimum atomic E-state index is -4.18.